The Kier molecular flexibility index (Phi) is 11.1. The molecule has 51 heavy (non-hydrogen) atoms. The second-order valence-electron chi connectivity index (χ2n) is 14.5. The third kappa shape index (κ3) is 8.01. The number of carbonyl (C=O) groups is 1. The number of fused-ring (bicyclic) bond motifs is 2. The molecule has 3 N–H and O–H groups in total. The summed E-state index contributed by atoms with van der Waals surface area (Å²) in [6, 6.07) is 17.6. The maximum absolute atomic E-state index is 13.1. The van der Waals surface area contributed by atoms with Crippen molar-refractivity contribution < 1.29 is 31.7 Å². The zero-order valence-corrected chi connectivity index (χ0v) is 32.7. The fourth-order valence-electron chi connectivity index (χ4n) is 6.31. The normalized spacial score (nSPS) is 12.6. The van der Waals surface area contributed by atoms with E-state index in [-0.39, 0.29) is 23.9 Å². The highest BCUT2D eigenvalue weighted by Gasteiger charge is 2.38. The Morgan fingerprint density at radius 1 is 1.04 bits per heavy atom. The van der Waals surface area contributed by atoms with E-state index in [2.05, 4.69) is 33.9 Å². The molecule has 0 saturated heterocycles. The molecule has 0 unspecified atom stereocenters. The maximum atomic E-state index is 13.1. The number of rotatable bonds is 15. The first-order chi connectivity index (χ1) is 23.9. The number of anilines is 1. The minimum absolute atomic E-state index is 0.0585. The summed E-state index contributed by atoms with van der Waals surface area (Å²) in [5, 5.41) is 18.2. The largest absolute Gasteiger partial charge is 0.493 e. The second-order valence-corrected chi connectivity index (χ2v) is 21.0. The lowest BCUT2D eigenvalue weighted by atomic mass is 9.97. The number of aryl methyl sites for hydroxylation is 3. The first kappa shape index (κ1) is 38.1. The number of hydrogen-bond acceptors (Lipinski definition) is 8. The summed E-state index contributed by atoms with van der Waals surface area (Å²) >= 11 is 0. The van der Waals surface area contributed by atoms with Gasteiger partial charge in [0.25, 0.3) is 10.1 Å². The van der Waals surface area contributed by atoms with Crippen LogP contribution in [0.5, 0.6) is 5.75 Å². The van der Waals surface area contributed by atoms with E-state index < -0.39 is 24.4 Å². The van der Waals surface area contributed by atoms with E-state index in [1.54, 1.807) is 17.8 Å². The van der Waals surface area contributed by atoms with Gasteiger partial charge in [-0.2, -0.15) is 13.5 Å². The van der Waals surface area contributed by atoms with Crippen LogP contribution in [-0.2, 0) is 52.0 Å². The Balaban J connectivity index is 1.64. The zero-order valence-electron chi connectivity index (χ0n) is 30.9. The van der Waals surface area contributed by atoms with E-state index >= 15 is 0 Å². The third-order valence-corrected chi connectivity index (χ3v) is 14.9. The van der Waals surface area contributed by atoms with Crippen molar-refractivity contribution >= 4 is 51.8 Å². The zero-order chi connectivity index (χ0) is 37.3. The number of nitrogens with two attached hydrogens (primary N) is 1. The molecule has 0 amide bonds. The standard InChI is InChI=1S/C38H50N4O7SSi/c1-9-21-42-35-28(34-30(23-49-51(7,8)38(2,3)4)40-41(5)31(34)24-48-50(6,45)46)19-20-29(39)33(35)27(36(42)37(43)44)17-13-22-47-32-18-12-15-25-14-10-11-16-26(25)32/h10-12,14-16,18-20H,9,13,17,21-24,39H2,1-8H3,(H,43,44). The van der Waals surface area contributed by atoms with Crippen molar-refractivity contribution in [2.24, 2.45) is 7.05 Å². The van der Waals surface area contributed by atoms with Crippen molar-refractivity contribution in [3.63, 3.8) is 0 Å². The molecule has 0 aliphatic rings. The first-order valence-electron chi connectivity index (χ1n) is 17.3. The summed E-state index contributed by atoms with van der Waals surface area (Å²) in [7, 11) is -4.27. The van der Waals surface area contributed by atoms with Gasteiger partial charge in [0.2, 0.25) is 0 Å². The highest BCUT2D eigenvalue weighted by atomic mass is 32.2. The number of aromatic carboxylic acids is 1. The SMILES string of the molecule is CCCn1c(C(=O)O)c(CCCOc2cccc3ccccc23)c2c(N)ccc(-c3c(CO[Si](C)(C)C(C)(C)C)nn(C)c3COS(C)(=O)=O)c21. The van der Waals surface area contributed by atoms with Gasteiger partial charge >= 0.3 is 5.97 Å². The molecule has 11 nitrogen and oxygen atoms in total. The molecular weight excluding hydrogens is 685 g/mol. The number of carboxylic acids is 1. The molecule has 274 valence electrons. The van der Waals surface area contributed by atoms with Gasteiger partial charge in [-0.25, -0.2) is 4.79 Å². The third-order valence-electron chi connectivity index (χ3n) is 9.86. The molecule has 2 aromatic heterocycles. The van der Waals surface area contributed by atoms with Crippen LogP contribution < -0.4 is 10.5 Å². The van der Waals surface area contributed by atoms with Crippen molar-refractivity contribution in [3.05, 3.63) is 77.2 Å². The molecule has 2 heterocycles. The summed E-state index contributed by atoms with van der Waals surface area (Å²) in [6.07, 6.45) is 2.63. The van der Waals surface area contributed by atoms with Gasteiger partial charge in [-0.05, 0) is 60.5 Å². The van der Waals surface area contributed by atoms with Gasteiger partial charge in [-0.3, -0.25) is 8.86 Å². The van der Waals surface area contributed by atoms with Crippen LogP contribution in [-0.4, -0.2) is 55.0 Å². The molecule has 0 fully saturated rings. The molecule has 0 saturated carbocycles. The number of ether oxygens (including phenoxy) is 1. The Morgan fingerprint density at radius 2 is 1.75 bits per heavy atom. The molecular formula is C38H50N4O7SSi. The second kappa shape index (κ2) is 14.8. The number of carboxylic acid groups (broad SMARTS) is 1. The fraction of sp³-hybridized carbons (Fsp3) is 0.421. The Labute approximate surface area is 301 Å². The van der Waals surface area contributed by atoms with Crippen LogP contribution in [0.3, 0.4) is 0 Å². The van der Waals surface area contributed by atoms with Gasteiger partial charge in [0, 0.05) is 41.2 Å². The van der Waals surface area contributed by atoms with Crippen LogP contribution in [0, 0.1) is 0 Å². The summed E-state index contributed by atoms with van der Waals surface area (Å²) in [6.45, 7) is 13.5. The van der Waals surface area contributed by atoms with E-state index in [1.165, 1.54) is 0 Å². The monoisotopic (exact) mass is 734 g/mol. The minimum Gasteiger partial charge on any atom is -0.493 e. The number of hydrogen-bond donors (Lipinski definition) is 2. The quantitative estimate of drug-likeness (QED) is 0.0474. The summed E-state index contributed by atoms with van der Waals surface area (Å²) < 4.78 is 46.0. The van der Waals surface area contributed by atoms with E-state index in [0.29, 0.717) is 77.1 Å². The lowest BCUT2D eigenvalue weighted by Gasteiger charge is -2.36. The number of aromatic nitrogens is 3. The van der Waals surface area contributed by atoms with Crippen LogP contribution in [0.4, 0.5) is 5.69 Å². The Morgan fingerprint density at radius 3 is 2.41 bits per heavy atom. The van der Waals surface area contributed by atoms with Crippen molar-refractivity contribution in [1.82, 2.24) is 14.3 Å². The van der Waals surface area contributed by atoms with Crippen molar-refractivity contribution in [3.8, 4) is 16.9 Å². The first-order valence-corrected chi connectivity index (χ1v) is 22.0. The highest BCUT2D eigenvalue weighted by Crippen LogP contribution is 2.43. The van der Waals surface area contributed by atoms with Crippen LogP contribution in [0.15, 0.2) is 54.6 Å². The van der Waals surface area contributed by atoms with Crippen molar-refractivity contribution in [2.75, 3.05) is 18.6 Å². The molecule has 0 spiro atoms. The smallest absolute Gasteiger partial charge is 0.352 e. The van der Waals surface area contributed by atoms with Crippen LogP contribution in [0.1, 0.15) is 68.0 Å². The molecule has 3 aromatic carbocycles. The average molecular weight is 735 g/mol. The summed E-state index contributed by atoms with van der Waals surface area (Å²) in [5.41, 5.74) is 11.1. The lowest BCUT2D eigenvalue weighted by Crippen LogP contribution is -2.40. The van der Waals surface area contributed by atoms with E-state index in [1.807, 2.05) is 60.0 Å². The molecule has 0 aliphatic carbocycles. The maximum Gasteiger partial charge on any atom is 0.352 e. The summed E-state index contributed by atoms with van der Waals surface area (Å²) in [5.74, 6) is -0.280. The topological polar surface area (TPSA) is 148 Å². The van der Waals surface area contributed by atoms with Gasteiger partial charge in [0.05, 0.1) is 36.4 Å². The molecule has 0 aliphatic heterocycles. The molecule has 5 aromatic rings. The number of benzene rings is 3. The van der Waals surface area contributed by atoms with Crippen LogP contribution in [0.2, 0.25) is 18.1 Å². The molecule has 0 atom stereocenters. The van der Waals surface area contributed by atoms with Gasteiger partial charge in [0.15, 0.2) is 8.32 Å². The number of nitrogen functional groups attached to an aromatic ring is 1. The predicted octanol–water partition coefficient (Wildman–Crippen LogP) is 7.90. The Hall–Kier alpha value is -4.17. The lowest BCUT2D eigenvalue weighted by molar-refractivity contribution is 0.0684. The van der Waals surface area contributed by atoms with E-state index in [4.69, 9.17) is 24.2 Å². The van der Waals surface area contributed by atoms with Gasteiger partial charge in [-0.1, -0.05) is 70.2 Å². The van der Waals surface area contributed by atoms with E-state index in [9.17, 15) is 18.3 Å². The average Bonchev–Trinajstić information content (AvgIpc) is 3.55. The van der Waals surface area contributed by atoms with Gasteiger partial charge < -0.3 is 24.6 Å². The molecule has 5 rings (SSSR count). The molecule has 13 heteroatoms. The Bertz CT molecular complexity index is 2180. The molecule has 0 bridgehead atoms. The predicted molar refractivity (Wildman–Crippen MR) is 205 cm³/mol. The van der Waals surface area contributed by atoms with E-state index in [0.717, 1.165) is 22.8 Å². The molecule has 0 radical (unpaired) electrons. The van der Waals surface area contributed by atoms with Crippen LogP contribution >= 0.6 is 0 Å². The highest BCUT2D eigenvalue weighted by molar-refractivity contribution is 7.85. The van der Waals surface area contributed by atoms with Crippen LogP contribution in [0.25, 0.3) is 32.8 Å². The summed E-state index contributed by atoms with van der Waals surface area (Å²) in [4.78, 5) is 13.1. The fourth-order valence-corrected chi connectivity index (χ4v) is 7.57. The van der Waals surface area contributed by atoms with Crippen molar-refractivity contribution in [1.29, 1.82) is 0 Å². The van der Waals surface area contributed by atoms with Crippen molar-refractivity contribution in [2.45, 2.75) is 84.8 Å². The van der Waals surface area contributed by atoms with Gasteiger partial charge in [-0.15, -0.1) is 0 Å². The number of nitrogens with zero attached hydrogens (tertiary/aromatic N) is 3. The minimum atomic E-state index is -3.79. The van der Waals surface area contributed by atoms with Gasteiger partial charge in [0.1, 0.15) is 18.1 Å².